The SMILES string of the molecule is Cc1cc(-c2cc(N)on2)cc(C)c1C. The average Bonchev–Trinajstić information content (AvgIpc) is 2.60. The minimum absolute atomic E-state index is 0.348. The lowest BCUT2D eigenvalue weighted by Crippen LogP contribution is -1.88. The van der Waals surface area contributed by atoms with Crippen LogP contribution in [0.1, 0.15) is 16.7 Å². The van der Waals surface area contributed by atoms with Gasteiger partial charge in [0.1, 0.15) is 5.69 Å². The van der Waals surface area contributed by atoms with Gasteiger partial charge in [-0.2, -0.15) is 0 Å². The van der Waals surface area contributed by atoms with E-state index in [0.717, 1.165) is 11.3 Å². The minimum Gasteiger partial charge on any atom is -0.368 e. The van der Waals surface area contributed by atoms with E-state index >= 15 is 0 Å². The van der Waals surface area contributed by atoms with Crippen LogP contribution in [0.4, 0.5) is 5.88 Å². The molecule has 0 atom stereocenters. The van der Waals surface area contributed by atoms with Gasteiger partial charge in [-0.1, -0.05) is 5.16 Å². The van der Waals surface area contributed by atoms with E-state index < -0.39 is 0 Å². The molecule has 1 aromatic heterocycles. The summed E-state index contributed by atoms with van der Waals surface area (Å²) >= 11 is 0. The monoisotopic (exact) mass is 202 g/mol. The summed E-state index contributed by atoms with van der Waals surface area (Å²) in [7, 11) is 0. The highest BCUT2D eigenvalue weighted by molar-refractivity contribution is 5.64. The van der Waals surface area contributed by atoms with E-state index in [4.69, 9.17) is 10.3 Å². The van der Waals surface area contributed by atoms with Crippen molar-refractivity contribution >= 4 is 5.88 Å². The number of nitrogens with two attached hydrogens (primary N) is 1. The normalized spacial score (nSPS) is 10.6. The fourth-order valence-electron chi connectivity index (χ4n) is 1.61. The Hall–Kier alpha value is -1.77. The molecule has 3 nitrogen and oxygen atoms in total. The number of benzene rings is 1. The average molecular weight is 202 g/mol. The van der Waals surface area contributed by atoms with Gasteiger partial charge < -0.3 is 10.3 Å². The second kappa shape index (κ2) is 3.42. The molecular formula is C12H14N2O. The number of nitrogens with zero attached hydrogens (tertiary/aromatic N) is 1. The molecule has 78 valence electrons. The van der Waals surface area contributed by atoms with Gasteiger partial charge in [-0.3, -0.25) is 0 Å². The summed E-state index contributed by atoms with van der Waals surface area (Å²) in [6, 6.07) is 5.93. The number of nitrogen functional groups attached to an aromatic ring is 1. The molecule has 15 heavy (non-hydrogen) atoms. The molecule has 2 rings (SSSR count). The minimum atomic E-state index is 0.348. The lowest BCUT2D eigenvalue weighted by Gasteiger charge is -2.06. The maximum Gasteiger partial charge on any atom is 0.222 e. The van der Waals surface area contributed by atoms with Crippen molar-refractivity contribution in [3.05, 3.63) is 34.9 Å². The summed E-state index contributed by atoms with van der Waals surface area (Å²) in [4.78, 5) is 0. The molecule has 0 aliphatic heterocycles. The quantitative estimate of drug-likeness (QED) is 0.773. The zero-order valence-electron chi connectivity index (χ0n) is 9.16. The summed E-state index contributed by atoms with van der Waals surface area (Å²) in [5, 5.41) is 3.90. The third-order valence-corrected chi connectivity index (χ3v) is 2.75. The lowest BCUT2D eigenvalue weighted by molar-refractivity contribution is 0.439. The Morgan fingerprint density at radius 1 is 1.07 bits per heavy atom. The molecule has 1 aromatic carbocycles. The van der Waals surface area contributed by atoms with Crippen molar-refractivity contribution in [3.8, 4) is 11.3 Å². The Labute approximate surface area is 88.9 Å². The molecule has 0 aliphatic rings. The van der Waals surface area contributed by atoms with Crippen LogP contribution in [0.15, 0.2) is 22.7 Å². The second-order valence-corrected chi connectivity index (χ2v) is 3.85. The van der Waals surface area contributed by atoms with Crippen LogP contribution in [-0.4, -0.2) is 5.16 Å². The van der Waals surface area contributed by atoms with Crippen LogP contribution in [0.5, 0.6) is 0 Å². The fourth-order valence-corrected chi connectivity index (χ4v) is 1.61. The van der Waals surface area contributed by atoms with Crippen molar-refractivity contribution < 1.29 is 4.52 Å². The molecule has 0 spiro atoms. The molecule has 0 radical (unpaired) electrons. The van der Waals surface area contributed by atoms with E-state index in [1.807, 2.05) is 0 Å². The van der Waals surface area contributed by atoms with E-state index in [2.05, 4.69) is 38.1 Å². The number of hydrogen-bond donors (Lipinski definition) is 1. The molecule has 0 aliphatic carbocycles. The van der Waals surface area contributed by atoms with Crippen LogP contribution in [0.2, 0.25) is 0 Å². The van der Waals surface area contributed by atoms with Crippen molar-refractivity contribution in [2.75, 3.05) is 5.73 Å². The first-order chi connectivity index (χ1) is 7.08. The van der Waals surface area contributed by atoms with Gasteiger partial charge in [0, 0.05) is 11.6 Å². The molecule has 0 saturated heterocycles. The van der Waals surface area contributed by atoms with Gasteiger partial charge in [0.25, 0.3) is 0 Å². The Morgan fingerprint density at radius 3 is 2.13 bits per heavy atom. The first-order valence-corrected chi connectivity index (χ1v) is 4.88. The Balaban J connectivity index is 2.55. The summed E-state index contributed by atoms with van der Waals surface area (Å²) in [5.41, 5.74) is 11.2. The summed E-state index contributed by atoms with van der Waals surface area (Å²) < 4.78 is 4.86. The van der Waals surface area contributed by atoms with Crippen molar-refractivity contribution in [2.45, 2.75) is 20.8 Å². The van der Waals surface area contributed by atoms with Crippen molar-refractivity contribution in [2.24, 2.45) is 0 Å². The first kappa shape index (κ1) is 9.77. The maximum absolute atomic E-state index is 5.49. The standard InChI is InChI=1S/C12H14N2O/c1-7-4-10(5-8(2)9(7)3)11-6-12(13)15-14-11/h4-6H,13H2,1-3H3. The van der Waals surface area contributed by atoms with E-state index in [9.17, 15) is 0 Å². The number of anilines is 1. The molecule has 0 bridgehead atoms. The molecule has 0 amide bonds. The lowest BCUT2D eigenvalue weighted by atomic mass is 9.99. The Kier molecular flexibility index (Phi) is 2.23. The molecule has 1 heterocycles. The molecule has 2 aromatic rings. The second-order valence-electron chi connectivity index (χ2n) is 3.85. The van der Waals surface area contributed by atoms with Gasteiger partial charge in [0.05, 0.1) is 0 Å². The van der Waals surface area contributed by atoms with E-state index in [-0.39, 0.29) is 0 Å². The maximum atomic E-state index is 5.49. The predicted molar refractivity (Wildman–Crippen MR) is 60.6 cm³/mol. The smallest absolute Gasteiger partial charge is 0.222 e. The first-order valence-electron chi connectivity index (χ1n) is 4.88. The van der Waals surface area contributed by atoms with Crippen LogP contribution in [0.25, 0.3) is 11.3 Å². The largest absolute Gasteiger partial charge is 0.368 e. The van der Waals surface area contributed by atoms with Crippen LogP contribution in [0.3, 0.4) is 0 Å². The van der Waals surface area contributed by atoms with Gasteiger partial charge in [-0.25, -0.2) is 0 Å². The molecule has 0 saturated carbocycles. The number of aryl methyl sites for hydroxylation is 2. The van der Waals surface area contributed by atoms with Crippen LogP contribution < -0.4 is 5.73 Å². The van der Waals surface area contributed by atoms with Gasteiger partial charge in [0.2, 0.25) is 5.88 Å². The van der Waals surface area contributed by atoms with E-state index in [0.29, 0.717) is 5.88 Å². The summed E-state index contributed by atoms with van der Waals surface area (Å²) in [6.07, 6.45) is 0. The van der Waals surface area contributed by atoms with Gasteiger partial charge in [0.15, 0.2) is 0 Å². The molecule has 3 heteroatoms. The van der Waals surface area contributed by atoms with Gasteiger partial charge in [-0.05, 0) is 49.6 Å². The molecule has 2 N–H and O–H groups in total. The molecular weight excluding hydrogens is 188 g/mol. The topological polar surface area (TPSA) is 52.0 Å². The van der Waals surface area contributed by atoms with Crippen LogP contribution in [-0.2, 0) is 0 Å². The van der Waals surface area contributed by atoms with Gasteiger partial charge >= 0.3 is 0 Å². The number of hydrogen-bond acceptors (Lipinski definition) is 3. The van der Waals surface area contributed by atoms with Crippen molar-refractivity contribution in [1.29, 1.82) is 0 Å². The van der Waals surface area contributed by atoms with E-state index in [1.165, 1.54) is 16.7 Å². The zero-order valence-corrected chi connectivity index (χ0v) is 9.16. The number of rotatable bonds is 1. The summed E-state index contributed by atoms with van der Waals surface area (Å²) in [5.74, 6) is 0.348. The van der Waals surface area contributed by atoms with Gasteiger partial charge in [-0.15, -0.1) is 0 Å². The third-order valence-electron chi connectivity index (χ3n) is 2.75. The highest BCUT2D eigenvalue weighted by Crippen LogP contribution is 2.24. The van der Waals surface area contributed by atoms with Crippen LogP contribution in [0, 0.1) is 20.8 Å². The third kappa shape index (κ3) is 1.73. The van der Waals surface area contributed by atoms with E-state index in [1.54, 1.807) is 6.07 Å². The zero-order chi connectivity index (χ0) is 11.0. The van der Waals surface area contributed by atoms with Crippen molar-refractivity contribution in [3.63, 3.8) is 0 Å². The molecule has 0 unspecified atom stereocenters. The Bertz CT molecular complexity index is 477. The summed E-state index contributed by atoms with van der Waals surface area (Å²) in [6.45, 7) is 6.30. The highest BCUT2D eigenvalue weighted by Gasteiger charge is 2.07. The Morgan fingerprint density at radius 2 is 1.67 bits per heavy atom. The molecule has 0 fully saturated rings. The number of aromatic nitrogens is 1. The predicted octanol–water partition coefficient (Wildman–Crippen LogP) is 2.85. The van der Waals surface area contributed by atoms with Crippen LogP contribution >= 0.6 is 0 Å². The highest BCUT2D eigenvalue weighted by atomic mass is 16.5. The van der Waals surface area contributed by atoms with Crippen molar-refractivity contribution in [1.82, 2.24) is 5.16 Å². The fraction of sp³-hybridized carbons (Fsp3) is 0.250.